The van der Waals surface area contributed by atoms with Gasteiger partial charge in [0.1, 0.15) is 11.5 Å². The van der Waals surface area contributed by atoms with Gasteiger partial charge in [-0.15, -0.1) is 0 Å². The Bertz CT molecular complexity index is 1010. The van der Waals surface area contributed by atoms with E-state index >= 15 is 0 Å². The molecule has 0 amide bonds. The molecule has 2 aromatic heterocycles. The Morgan fingerprint density at radius 2 is 1.61 bits per heavy atom. The Hall–Kier alpha value is -3.17. The van der Waals surface area contributed by atoms with E-state index in [9.17, 15) is 26.3 Å². The zero-order valence-corrected chi connectivity index (χ0v) is 20.0. The van der Waals surface area contributed by atoms with Crippen LogP contribution in [0.5, 0.6) is 0 Å². The molecule has 3 unspecified atom stereocenters. The molecule has 15 heteroatoms. The molecule has 9 nitrogen and oxygen atoms in total. The average Bonchev–Trinajstić information content (AvgIpc) is 3.37. The van der Waals surface area contributed by atoms with E-state index in [-0.39, 0.29) is 12.2 Å². The van der Waals surface area contributed by atoms with Gasteiger partial charge in [0.2, 0.25) is 0 Å². The van der Waals surface area contributed by atoms with Crippen molar-refractivity contribution in [3.8, 4) is 0 Å². The van der Waals surface area contributed by atoms with E-state index in [2.05, 4.69) is 16.0 Å². The van der Waals surface area contributed by atoms with E-state index in [1.165, 1.54) is 0 Å². The van der Waals surface area contributed by atoms with Crippen molar-refractivity contribution in [3.05, 3.63) is 53.7 Å². The van der Waals surface area contributed by atoms with E-state index in [1.807, 2.05) is 37.5 Å². The van der Waals surface area contributed by atoms with E-state index < -0.39 is 24.3 Å². The van der Waals surface area contributed by atoms with Gasteiger partial charge < -0.3 is 24.1 Å². The number of carboxylic acids is 2. The summed E-state index contributed by atoms with van der Waals surface area (Å²) in [7, 11) is 0. The van der Waals surface area contributed by atoms with Crippen LogP contribution >= 0.6 is 0 Å². The Balaban J connectivity index is 0.000000301. The number of ether oxygens (including phenoxy) is 2. The predicted molar refractivity (Wildman–Crippen MR) is 117 cm³/mol. The Morgan fingerprint density at radius 3 is 2.11 bits per heavy atom. The summed E-state index contributed by atoms with van der Waals surface area (Å²) in [6.07, 6.45) is -4.04. The molecule has 2 fully saturated rings. The van der Waals surface area contributed by atoms with E-state index in [0.29, 0.717) is 12.6 Å². The second-order valence-electron chi connectivity index (χ2n) is 8.27. The molecule has 38 heavy (non-hydrogen) atoms. The highest BCUT2D eigenvalue weighted by Gasteiger charge is 2.43. The minimum Gasteiger partial charge on any atom is -0.475 e. The van der Waals surface area contributed by atoms with Gasteiger partial charge in [0.25, 0.3) is 0 Å². The molecule has 3 atom stereocenters. The van der Waals surface area contributed by atoms with E-state index in [0.717, 1.165) is 49.6 Å². The topological polar surface area (TPSA) is 122 Å². The van der Waals surface area contributed by atoms with Gasteiger partial charge in [-0.05, 0) is 49.6 Å². The van der Waals surface area contributed by atoms with Crippen LogP contribution in [0.25, 0.3) is 0 Å². The molecular formula is C23H26F6N2O7. The highest BCUT2D eigenvalue weighted by Crippen LogP contribution is 2.33. The molecule has 1 aliphatic heterocycles. The van der Waals surface area contributed by atoms with Crippen molar-refractivity contribution in [2.75, 3.05) is 13.2 Å². The number of carbonyl (C=O) groups is 2. The van der Waals surface area contributed by atoms with Gasteiger partial charge in [0, 0.05) is 25.0 Å². The van der Waals surface area contributed by atoms with Gasteiger partial charge in [-0.1, -0.05) is 0 Å². The molecule has 1 aliphatic carbocycles. The summed E-state index contributed by atoms with van der Waals surface area (Å²) in [6, 6.07) is 8.50. The van der Waals surface area contributed by atoms with Crippen LogP contribution in [0.15, 0.2) is 41.1 Å². The highest BCUT2D eigenvalue weighted by atomic mass is 19.4. The lowest BCUT2D eigenvalue weighted by molar-refractivity contribution is -0.193. The number of hydrogen-bond acceptors (Lipinski definition) is 7. The Morgan fingerprint density at radius 1 is 1.03 bits per heavy atom. The molecule has 0 aromatic carbocycles. The zero-order valence-electron chi connectivity index (χ0n) is 20.0. The first kappa shape index (κ1) is 31.1. The number of pyridine rings is 1. The van der Waals surface area contributed by atoms with E-state index in [1.54, 1.807) is 0 Å². The van der Waals surface area contributed by atoms with Crippen LogP contribution in [0.4, 0.5) is 26.3 Å². The van der Waals surface area contributed by atoms with Crippen molar-refractivity contribution in [2.45, 2.75) is 63.5 Å². The number of nitrogens with zero attached hydrogens (tertiary/aromatic N) is 2. The summed E-state index contributed by atoms with van der Waals surface area (Å²) in [5.74, 6) is -3.53. The van der Waals surface area contributed by atoms with Gasteiger partial charge in [0.05, 0.1) is 32.0 Å². The second-order valence-corrected chi connectivity index (χ2v) is 8.27. The van der Waals surface area contributed by atoms with Crippen LogP contribution < -0.4 is 0 Å². The SMILES string of the molecule is Cc1ccc(CN2CCOC3CCC2C3OCc2ccncc2)o1.O=C(O)C(F)(F)F.O=C(O)C(F)(F)F. The Labute approximate surface area is 213 Å². The molecule has 2 aromatic rings. The number of aryl methyl sites for hydroxylation is 1. The van der Waals surface area contributed by atoms with Crippen molar-refractivity contribution in [1.29, 1.82) is 0 Å². The van der Waals surface area contributed by atoms with Crippen LogP contribution in [-0.2, 0) is 32.2 Å². The lowest BCUT2D eigenvalue weighted by Gasteiger charge is -2.30. The average molecular weight is 556 g/mol. The van der Waals surface area contributed by atoms with Crippen molar-refractivity contribution in [2.24, 2.45) is 0 Å². The number of rotatable bonds is 5. The summed E-state index contributed by atoms with van der Waals surface area (Å²) >= 11 is 0. The fourth-order valence-corrected chi connectivity index (χ4v) is 3.82. The zero-order chi connectivity index (χ0) is 28.5. The van der Waals surface area contributed by atoms with Crippen molar-refractivity contribution >= 4 is 11.9 Å². The number of aliphatic carboxylic acids is 2. The Kier molecular flexibility index (Phi) is 11.1. The lowest BCUT2D eigenvalue weighted by Crippen LogP contribution is -2.42. The molecule has 212 valence electrons. The molecule has 0 spiro atoms. The fraction of sp³-hybridized carbons (Fsp3) is 0.522. The molecule has 2 bridgehead atoms. The summed E-state index contributed by atoms with van der Waals surface area (Å²) in [5, 5.41) is 14.2. The first-order valence-electron chi connectivity index (χ1n) is 11.2. The van der Waals surface area contributed by atoms with Crippen molar-refractivity contribution in [3.63, 3.8) is 0 Å². The van der Waals surface area contributed by atoms with E-state index in [4.69, 9.17) is 33.7 Å². The molecule has 2 aliphatic rings. The third kappa shape index (κ3) is 9.95. The van der Waals surface area contributed by atoms with Crippen molar-refractivity contribution in [1.82, 2.24) is 9.88 Å². The maximum Gasteiger partial charge on any atom is 0.490 e. The normalized spacial score (nSPS) is 21.4. The number of furan rings is 1. The van der Waals surface area contributed by atoms with Gasteiger partial charge >= 0.3 is 24.3 Å². The molecule has 0 radical (unpaired) electrons. The maximum atomic E-state index is 10.6. The highest BCUT2D eigenvalue weighted by molar-refractivity contribution is 5.73. The van der Waals surface area contributed by atoms with Crippen LogP contribution in [0, 0.1) is 6.92 Å². The van der Waals surface area contributed by atoms with Gasteiger partial charge in [-0.2, -0.15) is 26.3 Å². The largest absolute Gasteiger partial charge is 0.490 e. The minimum atomic E-state index is -5.08. The number of aromatic nitrogens is 1. The fourth-order valence-electron chi connectivity index (χ4n) is 3.82. The van der Waals surface area contributed by atoms with Gasteiger partial charge in [-0.3, -0.25) is 9.88 Å². The van der Waals surface area contributed by atoms with Crippen LogP contribution in [0.1, 0.15) is 29.9 Å². The minimum absolute atomic E-state index is 0.122. The summed E-state index contributed by atoms with van der Waals surface area (Å²) in [5.41, 5.74) is 1.15. The smallest absolute Gasteiger partial charge is 0.475 e. The first-order valence-corrected chi connectivity index (χ1v) is 11.2. The number of halogens is 6. The van der Waals surface area contributed by atoms with Crippen LogP contribution in [0.3, 0.4) is 0 Å². The molecule has 1 saturated heterocycles. The third-order valence-electron chi connectivity index (χ3n) is 5.50. The number of alkyl halides is 6. The molecular weight excluding hydrogens is 530 g/mol. The van der Waals surface area contributed by atoms with Gasteiger partial charge in [0.15, 0.2) is 0 Å². The monoisotopic (exact) mass is 556 g/mol. The summed E-state index contributed by atoms with van der Waals surface area (Å²) in [6.45, 7) is 5.11. The number of fused-ring (bicyclic) bond motifs is 2. The van der Waals surface area contributed by atoms with Crippen molar-refractivity contribution < 1.29 is 60.0 Å². The van der Waals surface area contributed by atoms with Crippen LogP contribution in [-0.4, -0.2) is 75.8 Å². The summed E-state index contributed by atoms with van der Waals surface area (Å²) in [4.78, 5) is 24.3. The molecule has 1 saturated carbocycles. The quantitative estimate of drug-likeness (QED) is 0.522. The molecule has 2 N–H and O–H groups in total. The number of hydrogen-bond donors (Lipinski definition) is 2. The molecule has 3 heterocycles. The number of carboxylic acid groups (broad SMARTS) is 2. The third-order valence-corrected chi connectivity index (χ3v) is 5.50. The predicted octanol–water partition coefficient (Wildman–Crippen LogP) is 4.20. The standard InChI is InChI=1S/C19H24N2O3.2C2HF3O2/c1-14-2-3-16(24-14)12-21-10-11-22-18-5-4-17(21)19(18)23-13-15-6-8-20-9-7-15;2*3-2(4,5)1(6)7/h2-3,6-9,17-19H,4-5,10-13H2,1H3;2*(H,6,7). The first-order chi connectivity index (χ1) is 17.7. The lowest BCUT2D eigenvalue weighted by atomic mass is 10.1. The second kappa shape index (κ2) is 13.6. The maximum absolute atomic E-state index is 10.6. The molecule has 4 rings (SSSR count). The summed E-state index contributed by atoms with van der Waals surface area (Å²) < 4.78 is 81.6. The van der Waals surface area contributed by atoms with Gasteiger partial charge in [-0.25, -0.2) is 9.59 Å². The van der Waals surface area contributed by atoms with Crippen LogP contribution in [0.2, 0.25) is 0 Å².